The third-order valence-electron chi connectivity index (χ3n) is 5.79. The Morgan fingerprint density at radius 2 is 1.76 bits per heavy atom. The van der Waals surface area contributed by atoms with Gasteiger partial charge in [-0.3, -0.25) is 9.59 Å². The van der Waals surface area contributed by atoms with E-state index < -0.39 is 0 Å². The molecular formula is C21H30N2O2. The van der Waals surface area contributed by atoms with Crippen LogP contribution in [0.4, 0.5) is 5.69 Å². The summed E-state index contributed by atoms with van der Waals surface area (Å²) in [6.45, 7) is 4.80. The lowest BCUT2D eigenvalue weighted by Gasteiger charge is -2.31. The average Bonchev–Trinajstić information content (AvgIpc) is 3.04. The number of rotatable bonds is 5. The number of amides is 2. The van der Waals surface area contributed by atoms with Crippen LogP contribution in [-0.2, 0) is 22.4 Å². The van der Waals surface area contributed by atoms with Gasteiger partial charge in [-0.2, -0.15) is 0 Å². The van der Waals surface area contributed by atoms with Crippen LogP contribution < -0.4 is 5.32 Å². The number of carbonyl (C=O) groups is 2. The molecule has 1 N–H and O–H groups in total. The van der Waals surface area contributed by atoms with Gasteiger partial charge in [0.2, 0.25) is 11.8 Å². The fourth-order valence-electron chi connectivity index (χ4n) is 4.28. The Hall–Kier alpha value is -1.84. The first kappa shape index (κ1) is 18.0. The molecule has 0 spiro atoms. The van der Waals surface area contributed by atoms with E-state index in [4.69, 9.17) is 0 Å². The van der Waals surface area contributed by atoms with Crippen LogP contribution >= 0.6 is 0 Å². The third kappa shape index (κ3) is 3.88. The maximum absolute atomic E-state index is 12.8. The number of carbonyl (C=O) groups excluding carboxylic acids is 2. The number of hydrogen-bond donors (Lipinski definition) is 1. The first-order valence-electron chi connectivity index (χ1n) is 9.85. The smallest absolute Gasteiger partial charge is 0.229 e. The first-order valence-corrected chi connectivity index (χ1v) is 9.85. The Kier molecular flexibility index (Phi) is 5.77. The van der Waals surface area contributed by atoms with E-state index in [0.717, 1.165) is 31.4 Å². The van der Waals surface area contributed by atoms with Crippen molar-refractivity contribution >= 4 is 17.5 Å². The van der Waals surface area contributed by atoms with Gasteiger partial charge in [0.1, 0.15) is 0 Å². The van der Waals surface area contributed by atoms with Crippen LogP contribution in [0.25, 0.3) is 0 Å². The quantitative estimate of drug-likeness (QED) is 0.881. The molecule has 0 unspecified atom stereocenters. The number of anilines is 1. The van der Waals surface area contributed by atoms with Crippen molar-refractivity contribution in [2.75, 3.05) is 11.9 Å². The van der Waals surface area contributed by atoms with E-state index in [-0.39, 0.29) is 17.7 Å². The number of hydrogen-bond acceptors (Lipinski definition) is 2. The van der Waals surface area contributed by atoms with Crippen molar-refractivity contribution in [1.82, 2.24) is 4.90 Å². The molecule has 0 radical (unpaired) electrons. The highest BCUT2D eigenvalue weighted by Crippen LogP contribution is 2.30. The zero-order valence-electron chi connectivity index (χ0n) is 15.5. The fraction of sp³-hybridized carbons (Fsp3) is 0.619. The summed E-state index contributed by atoms with van der Waals surface area (Å²) in [7, 11) is 0. The molecule has 1 saturated carbocycles. The van der Waals surface area contributed by atoms with Crippen molar-refractivity contribution in [2.24, 2.45) is 5.92 Å². The lowest BCUT2D eigenvalue weighted by atomic mass is 9.94. The highest BCUT2D eigenvalue weighted by Gasteiger charge is 2.38. The summed E-state index contributed by atoms with van der Waals surface area (Å²) in [6, 6.07) is 6.55. The second kappa shape index (κ2) is 8.03. The summed E-state index contributed by atoms with van der Waals surface area (Å²) in [4.78, 5) is 27.2. The Balaban J connectivity index is 1.69. The molecule has 2 aliphatic rings. The summed E-state index contributed by atoms with van der Waals surface area (Å²) in [5, 5.41) is 3.15. The number of benzene rings is 1. The molecule has 3 rings (SSSR count). The van der Waals surface area contributed by atoms with Crippen LogP contribution in [0.2, 0.25) is 0 Å². The zero-order valence-corrected chi connectivity index (χ0v) is 15.5. The lowest BCUT2D eigenvalue weighted by Crippen LogP contribution is -2.38. The summed E-state index contributed by atoms with van der Waals surface area (Å²) < 4.78 is 0. The molecule has 1 heterocycles. The standard InChI is InChI=1S/C21H30N2O2/c1-3-15-9-8-10-16(4-2)20(15)22-21(25)17-13-19(24)23(14-17)18-11-6-5-7-12-18/h8-10,17-18H,3-7,11-14H2,1-2H3,(H,22,25)/t17-/m0/s1. The highest BCUT2D eigenvalue weighted by molar-refractivity contribution is 5.98. The molecule has 4 heteroatoms. The van der Waals surface area contributed by atoms with Gasteiger partial charge in [0.25, 0.3) is 0 Å². The van der Waals surface area contributed by atoms with E-state index in [2.05, 4.69) is 37.4 Å². The summed E-state index contributed by atoms with van der Waals surface area (Å²) in [5.41, 5.74) is 3.29. The maximum atomic E-state index is 12.8. The molecule has 4 nitrogen and oxygen atoms in total. The van der Waals surface area contributed by atoms with Crippen LogP contribution in [0.5, 0.6) is 0 Å². The molecule has 1 atom stereocenters. The molecule has 1 aliphatic heterocycles. The van der Waals surface area contributed by atoms with E-state index >= 15 is 0 Å². The normalized spacial score (nSPS) is 21.6. The van der Waals surface area contributed by atoms with E-state index in [1.165, 1.54) is 30.4 Å². The van der Waals surface area contributed by atoms with Crippen LogP contribution in [0.3, 0.4) is 0 Å². The maximum Gasteiger partial charge on any atom is 0.229 e. The van der Waals surface area contributed by atoms with Crippen molar-refractivity contribution in [3.05, 3.63) is 29.3 Å². The van der Waals surface area contributed by atoms with Gasteiger partial charge in [0, 0.05) is 24.7 Å². The molecule has 2 fully saturated rings. The number of para-hydroxylation sites is 1. The van der Waals surface area contributed by atoms with Crippen molar-refractivity contribution in [1.29, 1.82) is 0 Å². The van der Waals surface area contributed by atoms with Gasteiger partial charge < -0.3 is 10.2 Å². The van der Waals surface area contributed by atoms with Gasteiger partial charge in [0.15, 0.2) is 0 Å². The zero-order chi connectivity index (χ0) is 17.8. The molecular weight excluding hydrogens is 312 g/mol. The Morgan fingerprint density at radius 3 is 2.36 bits per heavy atom. The largest absolute Gasteiger partial charge is 0.339 e. The predicted molar refractivity (Wildman–Crippen MR) is 101 cm³/mol. The Labute approximate surface area is 151 Å². The molecule has 1 saturated heterocycles. The first-order chi connectivity index (χ1) is 12.1. The van der Waals surface area contributed by atoms with Crippen LogP contribution in [-0.4, -0.2) is 29.3 Å². The van der Waals surface area contributed by atoms with Crippen LogP contribution in [0.15, 0.2) is 18.2 Å². The minimum absolute atomic E-state index is 0.00209. The van der Waals surface area contributed by atoms with Crippen LogP contribution in [0.1, 0.15) is 63.5 Å². The van der Waals surface area contributed by atoms with E-state index in [0.29, 0.717) is 19.0 Å². The van der Waals surface area contributed by atoms with E-state index in [9.17, 15) is 9.59 Å². The molecule has 25 heavy (non-hydrogen) atoms. The Bertz CT molecular complexity index is 613. The average molecular weight is 342 g/mol. The molecule has 2 amide bonds. The summed E-state index contributed by atoms with van der Waals surface area (Å²) in [5.74, 6) is -0.0575. The van der Waals surface area contributed by atoms with Gasteiger partial charge in [-0.15, -0.1) is 0 Å². The fourth-order valence-corrected chi connectivity index (χ4v) is 4.28. The van der Waals surface area contributed by atoms with Gasteiger partial charge in [-0.25, -0.2) is 0 Å². The van der Waals surface area contributed by atoms with Crippen molar-refractivity contribution in [3.8, 4) is 0 Å². The van der Waals surface area contributed by atoms with Crippen molar-refractivity contribution < 1.29 is 9.59 Å². The molecule has 1 aromatic rings. The minimum Gasteiger partial charge on any atom is -0.339 e. The molecule has 1 aromatic carbocycles. The number of nitrogens with zero attached hydrogens (tertiary/aromatic N) is 1. The minimum atomic E-state index is -0.218. The van der Waals surface area contributed by atoms with Crippen LogP contribution in [0, 0.1) is 5.92 Å². The summed E-state index contributed by atoms with van der Waals surface area (Å²) >= 11 is 0. The number of aryl methyl sites for hydroxylation is 2. The molecule has 0 bridgehead atoms. The van der Waals surface area contributed by atoms with Crippen molar-refractivity contribution in [2.45, 2.75) is 71.3 Å². The van der Waals surface area contributed by atoms with Gasteiger partial charge in [-0.05, 0) is 36.8 Å². The predicted octanol–water partition coefficient (Wildman–Crippen LogP) is 3.93. The number of likely N-dealkylation sites (tertiary alicyclic amines) is 1. The SMILES string of the molecule is CCc1cccc(CC)c1NC(=O)[C@H]1CC(=O)N(C2CCCCC2)C1. The van der Waals surface area contributed by atoms with Gasteiger partial charge in [0.05, 0.1) is 5.92 Å². The topological polar surface area (TPSA) is 49.4 Å². The number of nitrogens with one attached hydrogen (secondary N) is 1. The molecule has 1 aliphatic carbocycles. The summed E-state index contributed by atoms with van der Waals surface area (Å²) in [6.07, 6.45) is 8.01. The lowest BCUT2D eigenvalue weighted by molar-refractivity contribution is -0.130. The highest BCUT2D eigenvalue weighted by atomic mass is 16.2. The third-order valence-corrected chi connectivity index (χ3v) is 5.79. The van der Waals surface area contributed by atoms with Gasteiger partial charge >= 0.3 is 0 Å². The molecule has 0 aromatic heterocycles. The Morgan fingerprint density at radius 1 is 1.12 bits per heavy atom. The van der Waals surface area contributed by atoms with Gasteiger partial charge in [-0.1, -0.05) is 51.3 Å². The molecule has 136 valence electrons. The van der Waals surface area contributed by atoms with E-state index in [1.54, 1.807) is 0 Å². The van der Waals surface area contributed by atoms with Crippen molar-refractivity contribution in [3.63, 3.8) is 0 Å². The second-order valence-corrected chi connectivity index (χ2v) is 7.39. The van der Waals surface area contributed by atoms with E-state index in [1.807, 2.05) is 4.90 Å². The second-order valence-electron chi connectivity index (χ2n) is 7.39. The monoisotopic (exact) mass is 342 g/mol.